The second-order valence-corrected chi connectivity index (χ2v) is 6.94. The molecule has 0 bridgehead atoms. The first-order chi connectivity index (χ1) is 11.7. The molecule has 3 heterocycles. The molecule has 1 amide bonds. The minimum absolute atomic E-state index is 0.00717. The van der Waals surface area contributed by atoms with Gasteiger partial charge in [-0.25, -0.2) is 4.98 Å². The fourth-order valence-corrected chi connectivity index (χ4v) is 3.88. The number of carbonyl (C=O) groups is 1. The van der Waals surface area contributed by atoms with E-state index in [2.05, 4.69) is 10.3 Å². The van der Waals surface area contributed by atoms with E-state index in [0.717, 1.165) is 44.6 Å². The van der Waals surface area contributed by atoms with Crippen molar-refractivity contribution in [2.24, 2.45) is 11.8 Å². The van der Waals surface area contributed by atoms with Crippen molar-refractivity contribution in [1.29, 1.82) is 0 Å². The third-order valence-electron chi connectivity index (χ3n) is 5.39. The SMILES string of the molecule is Cc1ccc(-c2ocnc2C(=O)N2CC[C@@H]3CNC[C@@H]3CC2)cc1. The number of nitrogens with one attached hydrogen (secondary N) is 1. The third-order valence-corrected chi connectivity index (χ3v) is 5.39. The van der Waals surface area contributed by atoms with Gasteiger partial charge in [-0.3, -0.25) is 4.79 Å². The monoisotopic (exact) mass is 325 g/mol. The van der Waals surface area contributed by atoms with Crippen LogP contribution < -0.4 is 5.32 Å². The third kappa shape index (κ3) is 2.84. The zero-order chi connectivity index (χ0) is 16.5. The minimum atomic E-state index is -0.00717. The number of benzene rings is 1. The van der Waals surface area contributed by atoms with E-state index in [1.807, 2.05) is 36.1 Å². The highest BCUT2D eigenvalue weighted by Crippen LogP contribution is 2.29. The molecule has 2 fully saturated rings. The topological polar surface area (TPSA) is 58.4 Å². The predicted molar refractivity (Wildman–Crippen MR) is 91.7 cm³/mol. The number of likely N-dealkylation sites (tertiary alicyclic amines) is 1. The van der Waals surface area contributed by atoms with Crippen LogP contribution in [0.5, 0.6) is 0 Å². The minimum Gasteiger partial charge on any atom is -0.443 e. The zero-order valence-corrected chi connectivity index (χ0v) is 14.0. The van der Waals surface area contributed by atoms with Crippen LogP contribution in [0.15, 0.2) is 35.1 Å². The van der Waals surface area contributed by atoms with E-state index in [1.54, 1.807) is 0 Å². The van der Waals surface area contributed by atoms with Gasteiger partial charge in [0.25, 0.3) is 5.91 Å². The van der Waals surface area contributed by atoms with Crippen molar-refractivity contribution >= 4 is 5.91 Å². The molecule has 0 aliphatic carbocycles. The summed E-state index contributed by atoms with van der Waals surface area (Å²) in [4.78, 5) is 19.2. The van der Waals surface area contributed by atoms with Gasteiger partial charge in [0.05, 0.1) is 0 Å². The van der Waals surface area contributed by atoms with E-state index in [4.69, 9.17) is 4.42 Å². The molecule has 2 aliphatic heterocycles. The summed E-state index contributed by atoms with van der Waals surface area (Å²) in [6.07, 6.45) is 3.52. The largest absolute Gasteiger partial charge is 0.443 e. The number of rotatable bonds is 2. The molecule has 2 atom stereocenters. The molecule has 4 rings (SSSR count). The van der Waals surface area contributed by atoms with Gasteiger partial charge in [-0.1, -0.05) is 29.8 Å². The Morgan fingerprint density at radius 3 is 2.50 bits per heavy atom. The molecule has 2 aliphatic rings. The van der Waals surface area contributed by atoms with Crippen LogP contribution in [0.25, 0.3) is 11.3 Å². The Morgan fingerprint density at radius 1 is 1.17 bits per heavy atom. The van der Waals surface area contributed by atoms with Crippen LogP contribution in [0.1, 0.15) is 28.9 Å². The zero-order valence-electron chi connectivity index (χ0n) is 14.0. The lowest BCUT2D eigenvalue weighted by Crippen LogP contribution is -2.33. The fourth-order valence-electron chi connectivity index (χ4n) is 3.88. The van der Waals surface area contributed by atoms with E-state index >= 15 is 0 Å². The Kier molecular flexibility index (Phi) is 4.10. The standard InChI is InChI=1S/C19H23N3O2/c1-13-2-4-14(5-3-13)18-17(21-12-24-18)19(23)22-8-6-15-10-20-11-16(15)7-9-22/h2-5,12,15-16,20H,6-11H2,1H3/t15-,16+. The number of hydrogen-bond acceptors (Lipinski definition) is 4. The summed E-state index contributed by atoms with van der Waals surface area (Å²) in [7, 11) is 0. The molecule has 5 heteroatoms. The van der Waals surface area contributed by atoms with Crippen molar-refractivity contribution < 1.29 is 9.21 Å². The average Bonchev–Trinajstić information content (AvgIpc) is 3.21. The highest BCUT2D eigenvalue weighted by molar-refractivity contribution is 5.97. The van der Waals surface area contributed by atoms with Crippen LogP contribution in [0, 0.1) is 18.8 Å². The molecule has 5 nitrogen and oxygen atoms in total. The molecule has 1 aromatic heterocycles. The number of oxazole rings is 1. The predicted octanol–water partition coefficient (Wildman–Crippen LogP) is 2.72. The Labute approximate surface area is 142 Å². The Balaban J connectivity index is 1.55. The summed E-state index contributed by atoms with van der Waals surface area (Å²) in [5, 5.41) is 3.47. The summed E-state index contributed by atoms with van der Waals surface area (Å²) in [6.45, 7) is 5.83. The van der Waals surface area contributed by atoms with E-state index in [-0.39, 0.29) is 5.91 Å². The van der Waals surface area contributed by atoms with Crippen LogP contribution in [-0.2, 0) is 0 Å². The quantitative estimate of drug-likeness (QED) is 0.922. The summed E-state index contributed by atoms with van der Waals surface area (Å²) in [6, 6.07) is 7.99. The Hall–Kier alpha value is -2.14. The number of aromatic nitrogens is 1. The molecule has 2 aromatic rings. The van der Waals surface area contributed by atoms with E-state index in [0.29, 0.717) is 23.3 Å². The fraction of sp³-hybridized carbons (Fsp3) is 0.474. The maximum absolute atomic E-state index is 13.0. The van der Waals surface area contributed by atoms with Gasteiger partial charge < -0.3 is 14.6 Å². The van der Waals surface area contributed by atoms with Gasteiger partial charge in [0.2, 0.25) is 0 Å². The van der Waals surface area contributed by atoms with Crippen molar-refractivity contribution in [3.63, 3.8) is 0 Å². The Bertz CT molecular complexity index is 708. The van der Waals surface area contributed by atoms with Crippen molar-refractivity contribution in [3.05, 3.63) is 41.9 Å². The van der Waals surface area contributed by atoms with Crippen molar-refractivity contribution in [2.45, 2.75) is 19.8 Å². The second kappa shape index (κ2) is 6.40. The molecular formula is C19H23N3O2. The van der Waals surface area contributed by atoms with Gasteiger partial charge in [-0.05, 0) is 44.7 Å². The van der Waals surface area contributed by atoms with Gasteiger partial charge in [-0.2, -0.15) is 0 Å². The molecule has 126 valence electrons. The van der Waals surface area contributed by atoms with Crippen molar-refractivity contribution in [3.8, 4) is 11.3 Å². The lowest BCUT2D eigenvalue weighted by Gasteiger charge is -2.20. The van der Waals surface area contributed by atoms with Crippen LogP contribution in [0.4, 0.5) is 0 Å². The number of aryl methyl sites for hydroxylation is 1. The van der Waals surface area contributed by atoms with Gasteiger partial charge in [0.1, 0.15) is 0 Å². The van der Waals surface area contributed by atoms with E-state index < -0.39 is 0 Å². The lowest BCUT2D eigenvalue weighted by atomic mass is 9.92. The van der Waals surface area contributed by atoms with Crippen molar-refractivity contribution in [2.75, 3.05) is 26.2 Å². The molecule has 0 spiro atoms. The van der Waals surface area contributed by atoms with Crippen LogP contribution in [0.2, 0.25) is 0 Å². The molecule has 0 radical (unpaired) electrons. The average molecular weight is 325 g/mol. The van der Waals surface area contributed by atoms with E-state index in [1.165, 1.54) is 12.0 Å². The van der Waals surface area contributed by atoms with E-state index in [9.17, 15) is 4.79 Å². The number of fused-ring (bicyclic) bond motifs is 1. The Morgan fingerprint density at radius 2 is 1.83 bits per heavy atom. The van der Waals surface area contributed by atoms with Crippen molar-refractivity contribution in [1.82, 2.24) is 15.2 Å². The summed E-state index contributed by atoms with van der Waals surface area (Å²) in [5.41, 5.74) is 2.51. The van der Waals surface area contributed by atoms with Crippen LogP contribution >= 0.6 is 0 Å². The van der Waals surface area contributed by atoms with Gasteiger partial charge >= 0.3 is 0 Å². The van der Waals surface area contributed by atoms with Crippen LogP contribution in [0.3, 0.4) is 0 Å². The van der Waals surface area contributed by atoms with Gasteiger partial charge in [-0.15, -0.1) is 0 Å². The first kappa shape index (κ1) is 15.4. The molecule has 1 aromatic carbocycles. The summed E-state index contributed by atoms with van der Waals surface area (Å²) >= 11 is 0. The number of hydrogen-bond donors (Lipinski definition) is 1. The van der Waals surface area contributed by atoms with Crippen LogP contribution in [-0.4, -0.2) is 42.0 Å². The number of carbonyl (C=O) groups excluding carboxylic acids is 1. The van der Waals surface area contributed by atoms with Gasteiger partial charge in [0, 0.05) is 18.7 Å². The molecule has 2 saturated heterocycles. The molecule has 24 heavy (non-hydrogen) atoms. The normalized spacial score (nSPS) is 23.8. The molecule has 1 N–H and O–H groups in total. The smallest absolute Gasteiger partial charge is 0.276 e. The molecular weight excluding hydrogens is 302 g/mol. The highest BCUT2D eigenvalue weighted by atomic mass is 16.3. The number of amides is 1. The maximum atomic E-state index is 13.0. The highest BCUT2D eigenvalue weighted by Gasteiger charge is 2.33. The molecule has 0 saturated carbocycles. The van der Waals surface area contributed by atoms with Gasteiger partial charge in [0.15, 0.2) is 17.8 Å². The summed E-state index contributed by atoms with van der Waals surface area (Å²) < 4.78 is 5.54. The maximum Gasteiger partial charge on any atom is 0.276 e. The first-order valence-electron chi connectivity index (χ1n) is 8.73. The number of nitrogens with zero attached hydrogens (tertiary/aromatic N) is 2. The summed E-state index contributed by atoms with van der Waals surface area (Å²) in [5.74, 6) is 1.98. The second-order valence-electron chi connectivity index (χ2n) is 6.94. The molecule has 0 unspecified atom stereocenters. The lowest BCUT2D eigenvalue weighted by molar-refractivity contribution is 0.0753. The first-order valence-corrected chi connectivity index (χ1v) is 8.73.